The quantitative estimate of drug-likeness (QED) is 0.717. The molecule has 1 amide bonds. The third-order valence-electron chi connectivity index (χ3n) is 3.62. The van der Waals surface area contributed by atoms with E-state index in [4.69, 9.17) is 5.11 Å². The zero-order valence-corrected chi connectivity index (χ0v) is 11.3. The largest absolute Gasteiger partial charge is 0.481 e. The molecule has 0 aromatic heterocycles. The molecule has 1 atom stereocenters. The van der Waals surface area contributed by atoms with Crippen LogP contribution in [0.5, 0.6) is 0 Å². The van der Waals surface area contributed by atoms with Crippen molar-refractivity contribution in [1.29, 1.82) is 0 Å². The fourth-order valence-corrected chi connectivity index (χ4v) is 2.56. The average molecular weight is 255 g/mol. The molecule has 0 heterocycles. The lowest BCUT2D eigenvalue weighted by Gasteiger charge is -2.15. The SMILES string of the molecule is CC(CNC(=O)CC1CCCCCC1)CC(=O)O. The second-order valence-electron chi connectivity index (χ2n) is 5.57. The van der Waals surface area contributed by atoms with Crippen molar-refractivity contribution in [3.05, 3.63) is 0 Å². The van der Waals surface area contributed by atoms with E-state index in [1.165, 1.54) is 25.7 Å². The summed E-state index contributed by atoms with van der Waals surface area (Å²) in [6, 6.07) is 0. The summed E-state index contributed by atoms with van der Waals surface area (Å²) in [5.41, 5.74) is 0. The first-order valence-electron chi connectivity index (χ1n) is 7.06. The number of hydrogen-bond donors (Lipinski definition) is 2. The Kier molecular flexibility index (Phi) is 6.76. The van der Waals surface area contributed by atoms with E-state index >= 15 is 0 Å². The number of carbonyl (C=O) groups excluding carboxylic acids is 1. The Balaban J connectivity index is 2.17. The zero-order valence-electron chi connectivity index (χ0n) is 11.3. The van der Waals surface area contributed by atoms with Gasteiger partial charge in [-0.2, -0.15) is 0 Å². The highest BCUT2D eigenvalue weighted by atomic mass is 16.4. The second-order valence-corrected chi connectivity index (χ2v) is 5.57. The molecule has 0 aromatic rings. The highest BCUT2D eigenvalue weighted by Gasteiger charge is 2.16. The van der Waals surface area contributed by atoms with Gasteiger partial charge in [0.1, 0.15) is 0 Å². The van der Waals surface area contributed by atoms with Gasteiger partial charge in [-0.15, -0.1) is 0 Å². The van der Waals surface area contributed by atoms with E-state index in [9.17, 15) is 9.59 Å². The Labute approximate surface area is 109 Å². The van der Waals surface area contributed by atoms with E-state index in [2.05, 4.69) is 5.32 Å². The van der Waals surface area contributed by atoms with Gasteiger partial charge < -0.3 is 10.4 Å². The first-order chi connectivity index (χ1) is 8.58. The second kappa shape index (κ2) is 8.11. The van der Waals surface area contributed by atoms with Crippen molar-refractivity contribution >= 4 is 11.9 Å². The summed E-state index contributed by atoms with van der Waals surface area (Å²) in [5.74, 6) is -0.192. The molecule has 18 heavy (non-hydrogen) atoms. The maximum absolute atomic E-state index is 11.8. The van der Waals surface area contributed by atoms with Crippen molar-refractivity contribution in [2.75, 3.05) is 6.54 Å². The van der Waals surface area contributed by atoms with E-state index in [1.54, 1.807) is 0 Å². The molecular formula is C14H25NO3. The molecule has 1 saturated carbocycles. The summed E-state index contributed by atoms with van der Waals surface area (Å²) < 4.78 is 0. The molecule has 0 aliphatic heterocycles. The number of nitrogens with one attached hydrogen (secondary N) is 1. The number of rotatable bonds is 6. The standard InChI is InChI=1S/C14H25NO3/c1-11(8-14(17)18)10-15-13(16)9-12-6-4-2-3-5-7-12/h11-12H,2-10H2,1H3,(H,15,16)(H,17,18). The van der Waals surface area contributed by atoms with Crippen molar-refractivity contribution in [2.45, 2.75) is 58.3 Å². The van der Waals surface area contributed by atoms with Crippen LogP contribution in [-0.4, -0.2) is 23.5 Å². The number of carboxylic acid groups (broad SMARTS) is 1. The molecule has 104 valence electrons. The highest BCUT2D eigenvalue weighted by Crippen LogP contribution is 2.25. The lowest BCUT2D eigenvalue weighted by molar-refractivity contribution is -0.138. The smallest absolute Gasteiger partial charge is 0.303 e. The minimum atomic E-state index is -0.805. The first-order valence-corrected chi connectivity index (χ1v) is 7.06. The van der Waals surface area contributed by atoms with E-state index < -0.39 is 5.97 Å². The maximum atomic E-state index is 11.8. The molecule has 4 nitrogen and oxygen atoms in total. The number of carboxylic acids is 1. The van der Waals surface area contributed by atoms with Crippen molar-refractivity contribution in [2.24, 2.45) is 11.8 Å². The summed E-state index contributed by atoms with van der Waals surface area (Å²) in [4.78, 5) is 22.3. The van der Waals surface area contributed by atoms with Crippen LogP contribution in [0.1, 0.15) is 58.3 Å². The van der Waals surface area contributed by atoms with E-state index in [0.717, 1.165) is 12.8 Å². The van der Waals surface area contributed by atoms with Crippen LogP contribution in [0.4, 0.5) is 0 Å². The summed E-state index contributed by atoms with van der Waals surface area (Å²) in [6.07, 6.45) is 8.14. The molecule has 1 fully saturated rings. The van der Waals surface area contributed by atoms with Crippen LogP contribution in [0.15, 0.2) is 0 Å². The van der Waals surface area contributed by atoms with Crippen molar-refractivity contribution in [1.82, 2.24) is 5.32 Å². The molecule has 0 bridgehead atoms. The Morgan fingerprint density at radius 2 is 1.83 bits per heavy atom. The topological polar surface area (TPSA) is 66.4 Å². The molecule has 0 spiro atoms. The van der Waals surface area contributed by atoms with Gasteiger partial charge in [0.2, 0.25) is 5.91 Å². The number of hydrogen-bond acceptors (Lipinski definition) is 2. The zero-order chi connectivity index (χ0) is 13.4. The Hall–Kier alpha value is -1.06. The van der Waals surface area contributed by atoms with Crippen LogP contribution in [0.2, 0.25) is 0 Å². The molecular weight excluding hydrogens is 230 g/mol. The van der Waals surface area contributed by atoms with Gasteiger partial charge in [-0.3, -0.25) is 9.59 Å². The van der Waals surface area contributed by atoms with Crippen LogP contribution >= 0.6 is 0 Å². The van der Waals surface area contributed by atoms with Gasteiger partial charge in [0.15, 0.2) is 0 Å². The van der Waals surface area contributed by atoms with Gasteiger partial charge in [-0.25, -0.2) is 0 Å². The maximum Gasteiger partial charge on any atom is 0.303 e. The summed E-state index contributed by atoms with van der Waals surface area (Å²) in [5, 5.41) is 11.5. The van der Waals surface area contributed by atoms with Crippen LogP contribution in [0.3, 0.4) is 0 Å². The molecule has 4 heteroatoms. The molecule has 1 aliphatic rings. The monoisotopic (exact) mass is 255 g/mol. The van der Waals surface area contributed by atoms with E-state index in [1.807, 2.05) is 6.92 Å². The number of amides is 1. The van der Waals surface area contributed by atoms with Gasteiger partial charge in [-0.05, 0) is 24.7 Å². The van der Waals surface area contributed by atoms with Crippen molar-refractivity contribution < 1.29 is 14.7 Å². The highest BCUT2D eigenvalue weighted by molar-refractivity contribution is 5.76. The first kappa shape index (κ1) is 15.0. The van der Waals surface area contributed by atoms with Crippen LogP contribution in [0.25, 0.3) is 0 Å². The van der Waals surface area contributed by atoms with Gasteiger partial charge in [0.25, 0.3) is 0 Å². The van der Waals surface area contributed by atoms with Crippen molar-refractivity contribution in [3.63, 3.8) is 0 Å². The predicted octanol–water partition coefficient (Wildman–Crippen LogP) is 2.57. The summed E-state index contributed by atoms with van der Waals surface area (Å²) >= 11 is 0. The average Bonchev–Trinajstić information content (AvgIpc) is 2.54. The van der Waals surface area contributed by atoms with Crippen LogP contribution in [-0.2, 0) is 9.59 Å². The third kappa shape index (κ3) is 6.62. The number of aliphatic carboxylic acids is 1. The minimum Gasteiger partial charge on any atom is -0.481 e. The molecule has 2 N–H and O–H groups in total. The molecule has 1 aliphatic carbocycles. The summed E-state index contributed by atoms with van der Waals surface area (Å²) in [7, 11) is 0. The third-order valence-corrected chi connectivity index (χ3v) is 3.62. The van der Waals surface area contributed by atoms with Crippen LogP contribution in [0, 0.1) is 11.8 Å². The predicted molar refractivity (Wildman–Crippen MR) is 70.2 cm³/mol. The fourth-order valence-electron chi connectivity index (χ4n) is 2.56. The lowest BCUT2D eigenvalue weighted by atomic mass is 9.96. The Bertz CT molecular complexity index is 270. The molecule has 0 saturated heterocycles. The fraction of sp³-hybridized carbons (Fsp3) is 0.857. The van der Waals surface area contributed by atoms with Gasteiger partial charge in [0, 0.05) is 19.4 Å². The van der Waals surface area contributed by atoms with E-state index in [-0.39, 0.29) is 18.2 Å². The van der Waals surface area contributed by atoms with Gasteiger partial charge in [-0.1, -0.05) is 32.6 Å². The van der Waals surface area contributed by atoms with Crippen molar-refractivity contribution in [3.8, 4) is 0 Å². The summed E-state index contributed by atoms with van der Waals surface area (Å²) in [6.45, 7) is 2.32. The normalized spacial score (nSPS) is 18.9. The van der Waals surface area contributed by atoms with Gasteiger partial charge in [0.05, 0.1) is 0 Å². The Morgan fingerprint density at radius 1 is 1.22 bits per heavy atom. The number of carbonyl (C=O) groups is 2. The van der Waals surface area contributed by atoms with Crippen LogP contribution < -0.4 is 5.32 Å². The molecule has 0 aromatic carbocycles. The van der Waals surface area contributed by atoms with E-state index in [0.29, 0.717) is 18.9 Å². The molecule has 1 unspecified atom stereocenters. The van der Waals surface area contributed by atoms with Gasteiger partial charge >= 0.3 is 5.97 Å². The molecule has 1 rings (SSSR count). The lowest BCUT2D eigenvalue weighted by Crippen LogP contribution is -2.30. The Morgan fingerprint density at radius 3 is 2.39 bits per heavy atom. The molecule has 0 radical (unpaired) electrons. The minimum absolute atomic E-state index is 0.000540.